The lowest BCUT2D eigenvalue weighted by atomic mass is 10.1. The zero-order chi connectivity index (χ0) is 15.9. The smallest absolute Gasteiger partial charge is 0.264 e. The number of furan rings is 1. The van der Waals surface area contributed by atoms with E-state index < -0.39 is 17.5 Å². The van der Waals surface area contributed by atoms with Gasteiger partial charge in [0.2, 0.25) is 0 Å². The minimum absolute atomic E-state index is 0.125. The van der Waals surface area contributed by atoms with Gasteiger partial charge in [-0.2, -0.15) is 0 Å². The van der Waals surface area contributed by atoms with Crippen LogP contribution < -0.4 is 5.56 Å². The fourth-order valence-corrected chi connectivity index (χ4v) is 2.63. The Hall–Kier alpha value is -2.35. The molecule has 0 spiro atoms. The summed E-state index contributed by atoms with van der Waals surface area (Å²) in [6, 6.07) is 4.42. The maximum absolute atomic E-state index is 13.4. The van der Waals surface area contributed by atoms with E-state index in [4.69, 9.17) is 16.6 Å². The Morgan fingerprint density at radius 3 is 2.86 bits per heavy atom. The molecule has 0 aliphatic rings. The topological polar surface area (TPSA) is 63.8 Å². The molecule has 0 aromatic carbocycles. The van der Waals surface area contributed by atoms with Crippen LogP contribution in [-0.2, 0) is 6.54 Å². The van der Waals surface area contributed by atoms with Crippen LogP contribution in [0, 0.1) is 4.77 Å². The second-order valence-corrected chi connectivity index (χ2v) is 4.96. The van der Waals surface area contributed by atoms with Crippen molar-refractivity contribution < 1.29 is 13.2 Å². The molecule has 0 bridgehead atoms. The van der Waals surface area contributed by atoms with Gasteiger partial charge < -0.3 is 8.98 Å². The molecule has 0 fully saturated rings. The molecule has 3 aromatic heterocycles. The first-order chi connectivity index (χ1) is 10.5. The normalized spacial score (nSPS) is 11.5. The van der Waals surface area contributed by atoms with E-state index in [1.165, 1.54) is 16.9 Å². The molecule has 3 rings (SSSR count). The van der Waals surface area contributed by atoms with Gasteiger partial charge in [0.25, 0.3) is 12.0 Å². The molecular formula is C14H11F2N3O2S. The Balaban J connectivity index is 2.50. The molecule has 0 radical (unpaired) electrons. The third-order valence-corrected chi connectivity index (χ3v) is 3.63. The molecule has 0 atom stereocenters. The highest BCUT2D eigenvalue weighted by molar-refractivity contribution is 7.71. The Morgan fingerprint density at radius 2 is 2.27 bits per heavy atom. The van der Waals surface area contributed by atoms with E-state index >= 15 is 0 Å². The standard InChI is InChI=1S/C14H11F2N3O2S/c1-2-19-12-10(13(20)18-14(19)22)7(11(15)16)6-8(17-12)9-4-3-5-21-9/h3-6,11H,2H2,1H3,(H,18,20,22). The number of fused-ring (bicyclic) bond motifs is 1. The average Bonchev–Trinajstić information content (AvgIpc) is 3.00. The lowest BCUT2D eigenvalue weighted by Crippen LogP contribution is -2.17. The van der Waals surface area contributed by atoms with E-state index in [2.05, 4.69) is 9.97 Å². The van der Waals surface area contributed by atoms with Crippen molar-refractivity contribution >= 4 is 23.3 Å². The van der Waals surface area contributed by atoms with Crippen molar-refractivity contribution in [2.45, 2.75) is 19.9 Å². The first-order valence-electron chi connectivity index (χ1n) is 6.52. The van der Waals surface area contributed by atoms with Crippen molar-refractivity contribution in [3.05, 3.63) is 45.2 Å². The maximum Gasteiger partial charge on any atom is 0.264 e. The van der Waals surface area contributed by atoms with Crippen LogP contribution in [0.15, 0.2) is 33.7 Å². The third-order valence-electron chi connectivity index (χ3n) is 3.30. The SMILES string of the molecule is CCn1c(=S)[nH]c(=O)c2c(C(F)F)cc(-c3ccco3)nc21. The Bertz CT molecular complexity index is 945. The number of alkyl halides is 2. The second kappa shape index (κ2) is 5.45. The number of hydrogen-bond acceptors (Lipinski definition) is 4. The number of aryl methyl sites for hydroxylation is 1. The van der Waals surface area contributed by atoms with Crippen LogP contribution in [-0.4, -0.2) is 14.5 Å². The van der Waals surface area contributed by atoms with Crippen LogP contribution in [0.4, 0.5) is 8.78 Å². The number of pyridine rings is 1. The Labute approximate surface area is 128 Å². The fourth-order valence-electron chi connectivity index (χ4n) is 2.32. The number of nitrogens with one attached hydrogen (secondary N) is 1. The Morgan fingerprint density at radius 1 is 1.50 bits per heavy atom. The van der Waals surface area contributed by atoms with Gasteiger partial charge in [-0.15, -0.1) is 0 Å². The summed E-state index contributed by atoms with van der Waals surface area (Å²) < 4.78 is 33.6. The summed E-state index contributed by atoms with van der Waals surface area (Å²) >= 11 is 5.07. The molecule has 0 aliphatic carbocycles. The van der Waals surface area contributed by atoms with Crippen molar-refractivity contribution in [3.8, 4) is 11.5 Å². The van der Waals surface area contributed by atoms with Gasteiger partial charge in [-0.1, -0.05) is 0 Å². The minimum atomic E-state index is -2.82. The Kier molecular flexibility index (Phi) is 3.61. The van der Waals surface area contributed by atoms with Crippen LogP contribution in [0.2, 0.25) is 0 Å². The van der Waals surface area contributed by atoms with Gasteiger partial charge >= 0.3 is 0 Å². The van der Waals surface area contributed by atoms with Gasteiger partial charge in [-0.05, 0) is 37.3 Å². The molecule has 114 valence electrons. The zero-order valence-electron chi connectivity index (χ0n) is 11.5. The largest absolute Gasteiger partial charge is 0.463 e. The predicted molar refractivity (Wildman–Crippen MR) is 79.5 cm³/mol. The summed E-state index contributed by atoms with van der Waals surface area (Å²) in [5, 5.41) is -0.152. The summed E-state index contributed by atoms with van der Waals surface area (Å²) in [5.74, 6) is 0.345. The van der Waals surface area contributed by atoms with E-state index in [-0.39, 0.29) is 21.5 Å². The number of halogens is 2. The number of rotatable bonds is 3. The predicted octanol–water partition coefficient (Wildman–Crippen LogP) is 3.67. The molecule has 5 nitrogen and oxygen atoms in total. The summed E-state index contributed by atoms with van der Waals surface area (Å²) in [6.07, 6.45) is -1.39. The number of nitrogens with zero attached hydrogens (tertiary/aromatic N) is 2. The highest BCUT2D eigenvalue weighted by Crippen LogP contribution is 2.29. The molecule has 0 amide bonds. The van der Waals surface area contributed by atoms with Crippen molar-refractivity contribution in [2.75, 3.05) is 0 Å². The first-order valence-corrected chi connectivity index (χ1v) is 6.93. The number of aromatic nitrogens is 3. The maximum atomic E-state index is 13.4. The summed E-state index contributed by atoms with van der Waals surface area (Å²) in [7, 11) is 0. The van der Waals surface area contributed by atoms with Crippen molar-refractivity contribution in [3.63, 3.8) is 0 Å². The van der Waals surface area contributed by atoms with Crippen molar-refractivity contribution in [1.82, 2.24) is 14.5 Å². The van der Waals surface area contributed by atoms with E-state index in [1.807, 2.05) is 0 Å². The van der Waals surface area contributed by atoms with Gasteiger partial charge in [-0.25, -0.2) is 13.8 Å². The van der Waals surface area contributed by atoms with E-state index in [1.54, 1.807) is 19.1 Å². The molecule has 0 saturated heterocycles. The minimum Gasteiger partial charge on any atom is -0.463 e. The quantitative estimate of drug-likeness (QED) is 0.747. The van der Waals surface area contributed by atoms with E-state index in [0.29, 0.717) is 12.3 Å². The molecule has 22 heavy (non-hydrogen) atoms. The van der Waals surface area contributed by atoms with Gasteiger partial charge in [0, 0.05) is 12.1 Å². The van der Waals surface area contributed by atoms with Crippen LogP contribution >= 0.6 is 12.2 Å². The van der Waals surface area contributed by atoms with Crippen LogP contribution in [0.1, 0.15) is 18.9 Å². The highest BCUT2D eigenvalue weighted by Gasteiger charge is 2.20. The van der Waals surface area contributed by atoms with Crippen LogP contribution in [0.5, 0.6) is 0 Å². The monoisotopic (exact) mass is 323 g/mol. The number of H-pyrrole nitrogens is 1. The molecule has 3 aromatic rings. The lowest BCUT2D eigenvalue weighted by Gasteiger charge is -2.12. The van der Waals surface area contributed by atoms with E-state index in [9.17, 15) is 13.6 Å². The molecule has 0 saturated carbocycles. The molecule has 1 N–H and O–H groups in total. The molecule has 3 heterocycles. The highest BCUT2D eigenvalue weighted by atomic mass is 32.1. The molecular weight excluding hydrogens is 312 g/mol. The van der Waals surface area contributed by atoms with Gasteiger partial charge in [0.1, 0.15) is 11.3 Å². The average molecular weight is 323 g/mol. The molecule has 8 heteroatoms. The molecule has 0 aliphatic heterocycles. The van der Waals surface area contributed by atoms with Gasteiger partial charge in [0.15, 0.2) is 10.5 Å². The zero-order valence-corrected chi connectivity index (χ0v) is 12.3. The first kappa shape index (κ1) is 14.6. The van der Waals surface area contributed by atoms with Crippen molar-refractivity contribution in [1.29, 1.82) is 0 Å². The molecule has 0 unspecified atom stereocenters. The lowest BCUT2D eigenvalue weighted by molar-refractivity contribution is 0.153. The summed E-state index contributed by atoms with van der Waals surface area (Å²) in [6.45, 7) is 2.18. The van der Waals surface area contributed by atoms with Gasteiger partial charge in [0.05, 0.1) is 11.6 Å². The summed E-state index contributed by atoms with van der Waals surface area (Å²) in [4.78, 5) is 18.8. The third kappa shape index (κ3) is 2.25. The number of hydrogen-bond donors (Lipinski definition) is 1. The van der Waals surface area contributed by atoms with Gasteiger partial charge in [-0.3, -0.25) is 9.78 Å². The summed E-state index contributed by atoms with van der Waals surface area (Å²) in [5.41, 5.74) is -0.705. The van der Waals surface area contributed by atoms with Crippen LogP contribution in [0.25, 0.3) is 22.5 Å². The number of aromatic amines is 1. The second-order valence-electron chi connectivity index (χ2n) is 4.58. The van der Waals surface area contributed by atoms with Crippen molar-refractivity contribution in [2.24, 2.45) is 0 Å². The van der Waals surface area contributed by atoms with Crippen LogP contribution in [0.3, 0.4) is 0 Å². The van der Waals surface area contributed by atoms with E-state index in [0.717, 1.165) is 0 Å². The fraction of sp³-hybridized carbons (Fsp3) is 0.214.